The third kappa shape index (κ3) is 3.56. The molecule has 1 aliphatic heterocycles. The van der Waals surface area contributed by atoms with Gasteiger partial charge in [-0.25, -0.2) is 0 Å². The molecule has 0 saturated heterocycles. The summed E-state index contributed by atoms with van der Waals surface area (Å²) in [4.78, 5) is 12.4. The Morgan fingerprint density at radius 3 is 2.33 bits per heavy atom. The van der Waals surface area contributed by atoms with Crippen molar-refractivity contribution in [1.29, 1.82) is 0 Å². The largest absolute Gasteiger partial charge is 0.482 e. The van der Waals surface area contributed by atoms with Gasteiger partial charge in [-0.15, -0.1) is 0 Å². The molecule has 5 nitrogen and oxygen atoms in total. The minimum absolute atomic E-state index is 0.0162. The summed E-state index contributed by atoms with van der Waals surface area (Å²) >= 11 is 0. The van der Waals surface area contributed by atoms with Crippen molar-refractivity contribution in [1.82, 2.24) is 0 Å². The number of hydrogen-bond acceptors (Lipinski definition) is 4. The SMILES string of the molecule is CC1Oc2ccccc2OC1C(=O)Nc1ccc(OC(F)F)cc1. The first-order valence-electron chi connectivity index (χ1n) is 7.31. The van der Waals surface area contributed by atoms with Gasteiger partial charge in [0.1, 0.15) is 11.9 Å². The van der Waals surface area contributed by atoms with Crippen LogP contribution in [-0.4, -0.2) is 24.7 Å². The van der Waals surface area contributed by atoms with E-state index in [2.05, 4.69) is 10.1 Å². The quantitative estimate of drug-likeness (QED) is 0.930. The molecule has 0 aromatic heterocycles. The number of halogens is 2. The van der Waals surface area contributed by atoms with Gasteiger partial charge in [0, 0.05) is 5.69 Å². The Morgan fingerprint density at radius 1 is 1.08 bits per heavy atom. The number of hydrogen-bond donors (Lipinski definition) is 1. The van der Waals surface area contributed by atoms with Crippen LogP contribution in [0.15, 0.2) is 48.5 Å². The average Bonchev–Trinajstić information content (AvgIpc) is 2.55. The van der Waals surface area contributed by atoms with Gasteiger partial charge in [0.2, 0.25) is 6.10 Å². The van der Waals surface area contributed by atoms with Crippen molar-refractivity contribution in [2.45, 2.75) is 25.7 Å². The van der Waals surface area contributed by atoms with E-state index in [1.54, 1.807) is 25.1 Å². The van der Waals surface area contributed by atoms with Crippen molar-refractivity contribution in [3.8, 4) is 17.2 Å². The van der Waals surface area contributed by atoms with Crippen molar-refractivity contribution < 1.29 is 27.8 Å². The first-order chi connectivity index (χ1) is 11.5. The first kappa shape index (κ1) is 16.0. The number of fused-ring (bicyclic) bond motifs is 1. The molecule has 0 bridgehead atoms. The first-order valence-corrected chi connectivity index (χ1v) is 7.31. The van der Waals surface area contributed by atoms with E-state index in [-0.39, 0.29) is 11.7 Å². The summed E-state index contributed by atoms with van der Waals surface area (Å²) in [6.45, 7) is -1.15. The Morgan fingerprint density at radius 2 is 1.71 bits per heavy atom. The van der Waals surface area contributed by atoms with Crippen LogP contribution in [0.4, 0.5) is 14.5 Å². The maximum atomic E-state index is 12.4. The molecule has 3 rings (SSSR count). The lowest BCUT2D eigenvalue weighted by Crippen LogP contribution is -2.46. The summed E-state index contributed by atoms with van der Waals surface area (Å²) in [6, 6.07) is 12.7. The summed E-state index contributed by atoms with van der Waals surface area (Å²) in [5, 5.41) is 2.67. The second-order valence-electron chi connectivity index (χ2n) is 5.20. The predicted octanol–water partition coefficient (Wildman–Crippen LogP) is 3.46. The Labute approximate surface area is 137 Å². The molecule has 126 valence electrons. The fourth-order valence-electron chi connectivity index (χ4n) is 2.34. The summed E-state index contributed by atoms with van der Waals surface area (Å²) < 4.78 is 39.9. The van der Waals surface area contributed by atoms with Crippen LogP contribution in [0.2, 0.25) is 0 Å². The molecule has 0 saturated carbocycles. The highest BCUT2D eigenvalue weighted by Gasteiger charge is 2.34. The molecule has 0 radical (unpaired) electrons. The minimum Gasteiger partial charge on any atom is -0.482 e. The zero-order valence-electron chi connectivity index (χ0n) is 12.7. The van der Waals surface area contributed by atoms with Gasteiger partial charge < -0.3 is 19.5 Å². The fourth-order valence-corrected chi connectivity index (χ4v) is 2.34. The smallest absolute Gasteiger partial charge is 0.387 e. The average molecular weight is 335 g/mol. The molecule has 2 unspecified atom stereocenters. The van der Waals surface area contributed by atoms with Gasteiger partial charge in [0.05, 0.1) is 0 Å². The predicted molar refractivity (Wildman–Crippen MR) is 82.7 cm³/mol. The van der Waals surface area contributed by atoms with Crippen LogP contribution in [0, 0.1) is 0 Å². The fraction of sp³-hybridized carbons (Fsp3) is 0.235. The van der Waals surface area contributed by atoms with Crippen LogP contribution in [0.25, 0.3) is 0 Å². The Bertz CT molecular complexity index is 721. The van der Waals surface area contributed by atoms with E-state index in [1.807, 2.05) is 6.07 Å². The van der Waals surface area contributed by atoms with Crippen LogP contribution < -0.4 is 19.5 Å². The molecule has 2 aromatic rings. The number of rotatable bonds is 4. The normalized spacial score (nSPS) is 19.0. The van der Waals surface area contributed by atoms with Gasteiger partial charge >= 0.3 is 6.61 Å². The van der Waals surface area contributed by atoms with Gasteiger partial charge in [0.25, 0.3) is 5.91 Å². The van der Waals surface area contributed by atoms with E-state index in [4.69, 9.17) is 9.47 Å². The second-order valence-corrected chi connectivity index (χ2v) is 5.20. The Hall–Kier alpha value is -2.83. The molecule has 2 atom stereocenters. The van der Waals surface area contributed by atoms with E-state index < -0.39 is 18.8 Å². The van der Waals surface area contributed by atoms with Crippen LogP contribution in [0.5, 0.6) is 17.2 Å². The lowest BCUT2D eigenvalue weighted by molar-refractivity contribution is -0.128. The van der Waals surface area contributed by atoms with Crippen molar-refractivity contribution in [3.63, 3.8) is 0 Å². The molecule has 0 aliphatic carbocycles. The molecule has 1 amide bonds. The number of carbonyl (C=O) groups is 1. The van der Waals surface area contributed by atoms with E-state index in [1.165, 1.54) is 24.3 Å². The molecular weight excluding hydrogens is 320 g/mol. The van der Waals surface area contributed by atoms with E-state index in [0.717, 1.165) is 0 Å². The third-order valence-corrected chi connectivity index (χ3v) is 3.45. The Balaban J connectivity index is 1.67. The summed E-state index contributed by atoms with van der Waals surface area (Å²) in [5.74, 6) is 0.709. The number of amides is 1. The molecule has 1 heterocycles. The van der Waals surface area contributed by atoms with Gasteiger partial charge in [-0.05, 0) is 43.3 Å². The van der Waals surface area contributed by atoms with Crippen molar-refractivity contribution in [2.24, 2.45) is 0 Å². The number of anilines is 1. The zero-order valence-corrected chi connectivity index (χ0v) is 12.7. The Kier molecular flexibility index (Phi) is 4.50. The van der Waals surface area contributed by atoms with Crippen molar-refractivity contribution >= 4 is 11.6 Å². The van der Waals surface area contributed by atoms with Crippen molar-refractivity contribution in [2.75, 3.05) is 5.32 Å². The molecule has 7 heteroatoms. The standard InChI is InChI=1S/C17H15F2NO4/c1-10-15(24-14-5-3-2-4-13(14)22-10)16(21)20-11-6-8-12(9-7-11)23-17(18)19/h2-10,15,17H,1H3,(H,20,21). The highest BCUT2D eigenvalue weighted by atomic mass is 19.3. The molecule has 24 heavy (non-hydrogen) atoms. The number of para-hydroxylation sites is 2. The van der Waals surface area contributed by atoms with Gasteiger partial charge in [-0.2, -0.15) is 8.78 Å². The molecular formula is C17H15F2NO4. The molecule has 2 aromatic carbocycles. The van der Waals surface area contributed by atoms with E-state index in [9.17, 15) is 13.6 Å². The monoisotopic (exact) mass is 335 g/mol. The number of alkyl halides is 2. The maximum absolute atomic E-state index is 12.4. The number of nitrogens with one attached hydrogen (secondary N) is 1. The van der Waals surface area contributed by atoms with Crippen LogP contribution in [0.1, 0.15) is 6.92 Å². The highest BCUT2D eigenvalue weighted by Crippen LogP contribution is 2.33. The van der Waals surface area contributed by atoms with Crippen LogP contribution >= 0.6 is 0 Å². The zero-order chi connectivity index (χ0) is 17.1. The number of carbonyl (C=O) groups excluding carboxylic acids is 1. The summed E-state index contributed by atoms with van der Waals surface area (Å²) in [6.07, 6.45) is -1.29. The van der Waals surface area contributed by atoms with Crippen LogP contribution in [-0.2, 0) is 4.79 Å². The highest BCUT2D eigenvalue weighted by molar-refractivity contribution is 5.95. The van der Waals surface area contributed by atoms with Gasteiger partial charge in [0.15, 0.2) is 11.5 Å². The second kappa shape index (κ2) is 6.74. The van der Waals surface area contributed by atoms with E-state index in [0.29, 0.717) is 17.2 Å². The molecule has 0 fully saturated rings. The lowest BCUT2D eigenvalue weighted by Gasteiger charge is -2.31. The molecule has 1 aliphatic rings. The van der Waals surface area contributed by atoms with Gasteiger partial charge in [-0.1, -0.05) is 12.1 Å². The number of ether oxygens (including phenoxy) is 3. The number of benzene rings is 2. The lowest BCUT2D eigenvalue weighted by atomic mass is 10.1. The topological polar surface area (TPSA) is 56.8 Å². The third-order valence-electron chi connectivity index (χ3n) is 3.45. The van der Waals surface area contributed by atoms with Crippen molar-refractivity contribution in [3.05, 3.63) is 48.5 Å². The van der Waals surface area contributed by atoms with E-state index >= 15 is 0 Å². The maximum Gasteiger partial charge on any atom is 0.387 e. The van der Waals surface area contributed by atoms with Crippen LogP contribution in [0.3, 0.4) is 0 Å². The summed E-state index contributed by atoms with van der Waals surface area (Å²) in [7, 11) is 0. The summed E-state index contributed by atoms with van der Waals surface area (Å²) in [5.41, 5.74) is 0.441. The molecule has 1 N–H and O–H groups in total. The minimum atomic E-state index is -2.89. The molecule has 0 spiro atoms. The van der Waals surface area contributed by atoms with Gasteiger partial charge in [-0.3, -0.25) is 4.79 Å².